The van der Waals surface area contributed by atoms with Gasteiger partial charge in [-0.1, -0.05) is 24.3 Å². The van der Waals surface area contributed by atoms with E-state index in [1.54, 1.807) is 19.2 Å². The number of rotatable bonds is 5. The third-order valence-corrected chi connectivity index (χ3v) is 5.40. The number of imidazole rings is 1. The molecule has 0 bridgehead atoms. The first kappa shape index (κ1) is 17.5. The molecule has 1 saturated carbocycles. The van der Waals surface area contributed by atoms with Gasteiger partial charge in [0.05, 0.1) is 17.6 Å². The third kappa shape index (κ3) is 3.52. The van der Waals surface area contributed by atoms with Crippen molar-refractivity contribution in [1.29, 1.82) is 0 Å². The molecular formula is C21H24FN5. The topological polar surface area (TPSA) is 54.2 Å². The molecule has 0 aliphatic heterocycles. The Labute approximate surface area is 158 Å². The normalized spacial score (nSPS) is 15.7. The first-order chi connectivity index (χ1) is 13.1. The summed E-state index contributed by atoms with van der Waals surface area (Å²) in [6.07, 6.45) is 2.12. The maximum absolute atomic E-state index is 13.6. The van der Waals surface area contributed by atoms with Crippen LogP contribution in [0.15, 0.2) is 53.5 Å². The minimum Gasteiger partial charge on any atom is -0.356 e. The van der Waals surface area contributed by atoms with Gasteiger partial charge in [0.25, 0.3) is 0 Å². The Hall–Kier alpha value is -2.89. The Morgan fingerprint density at radius 3 is 2.70 bits per heavy atom. The Bertz CT molecular complexity index is 987. The molecule has 1 fully saturated rings. The van der Waals surface area contributed by atoms with E-state index in [2.05, 4.69) is 31.2 Å². The van der Waals surface area contributed by atoms with Crippen LogP contribution in [0.3, 0.4) is 0 Å². The summed E-state index contributed by atoms with van der Waals surface area (Å²) in [5.41, 5.74) is 3.17. The van der Waals surface area contributed by atoms with Crippen LogP contribution in [-0.4, -0.2) is 29.1 Å². The molecule has 2 aromatic carbocycles. The second kappa shape index (κ2) is 7.02. The molecule has 4 rings (SSSR count). The fourth-order valence-corrected chi connectivity index (χ4v) is 3.53. The first-order valence-corrected chi connectivity index (χ1v) is 9.22. The van der Waals surface area contributed by atoms with Gasteiger partial charge in [-0.25, -0.2) is 9.37 Å². The molecule has 1 aliphatic carbocycles. The average Bonchev–Trinajstić information content (AvgIpc) is 3.41. The van der Waals surface area contributed by atoms with Crippen LogP contribution >= 0.6 is 0 Å². The van der Waals surface area contributed by atoms with Crippen LogP contribution in [0.25, 0.3) is 11.0 Å². The lowest BCUT2D eigenvalue weighted by Gasteiger charge is -2.19. The van der Waals surface area contributed by atoms with Gasteiger partial charge in [0.2, 0.25) is 0 Å². The highest BCUT2D eigenvalue weighted by Gasteiger charge is 2.44. The zero-order valence-electron chi connectivity index (χ0n) is 15.7. The smallest absolute Gasteiger partial charge is 0.191 e. The number of nitrogens with one attached hydrogen (secondary N) is 2. The molecule has 0 amide bonds. The molecule has 2 N–H and O–H groups in total. The summed E-state index contributed by atoms with van der Waals surface area (Å²) in [6.45, 7) is 1.32. The lowest BCUT2D eigenvalue weighted by molar-refractivity contribution is 0.606. The second-order valence-corrected chi connectivity index (χ2v) is 7.15. The number of hydrogen-bond acceptors (Lipinski definition) is 2. The molecule has 6 heteroatoms. The van der Waals surface area contributed by atoms with Crippen molar-refractivity contribution in [3.8, 4) is 0 Å². The van der Waals surface area contributed by atoms with Gasteiger partial charge in [-0.3, -0.25) is 4.99 Å². The van der Waals surface area contributed by atoms with E-state index < -0.39 is 0 Å². The third-order valence-electron chi connectivity index (χ3n) is 5.40. The molecular weight excluding hydrogens is 341 g/mol. The minimum atomic E-state index is -0.178. The van der Waals surface area contributed by atoms with Crippen LogP contribution < -0.4 is 10.6 Å². The number of aromatic nitrogens is 2. The number of benzene rings is 2. The van der Waals surface area contributed by atoms with Gasteiger partial charge < -0.3 is 15.2 Å². The number of hydrogen-bond donors (Lipinski definition) is 2. The lowest BCUT2D eigenvalue weighted by atomic mass is 9.96. The van der Waals surface area contributed by atoms with Gasteiger partial charge in [-0.2, -0.15) is 0 Å². The molecule has 1 aliphatic rings. The quantitative estimate of drug-likeness (QED) is 0.540. The van der Waals surface area contributed by atoms with E-state index >= 15 is 0 Å². The molecule has 5 nitrogen and oxygen atoms in total. The standard InChI is InChI=1S/C21H24FN5/c1-23-20(24-13-19-26-17-8-3-4-9-18(17)27(19)2)25-14-21(10-11-21)15-6-5-7-16(22)12-15/h3-9,12H,10-11,13-14H2,1-2H3,(H2,23,24,25). The highest BCUT2D eigenvalue weighted by molar-refractivity contribution is 5.80. The summed E-state index contributed by atoms with van der Waals surface area (Å²) in [5, 5.41) is 6.73. The van der Waals surface area contributed by atoms with Gasteiger partial charge in [0.15, 0.2) is 5.96 Å². The van der Waals surface area contributed by atoms with Gasteiger partial charge >= 0.3 is 0 Å². The van der Waals surface area contributed by atoms with E-state index in [0.717, 1.165) is 47.8 Å². The van der Waals surface area contributed by atoms with Crippen molar-refractivity contribution < 1.29 is 4.39 Å². The first-order valence-electron chi connectivity index (χ1n) is 9.22. The number of halogens is 1. The van der Waals surface area contributed by atoms with Crippen LogP contribution in [0.2, 0.25) is 0 Å². The summed E-state index contributed by atoms with van der Waals surface area (Å²) in [5.74, 6) is 1.50. The van der Waals surface area contributed by atoms with Crippen LogP contribution in [0.1, 0.15) is 24.2 Å². The van der Waals surface area contributed by atoms with Crippen molar-refractivity contribution in [3.63, 3.8) is 0 Å². The molecule has 0 atom stereocenters. The Kier molecular flexibility index (Phi) is 4.56. The van der Waals surface area contributed by atoms with Crippen LogP contribution in [-0.2, 0) is 19.0 Å². The maximum Gasteiger partial charge on any atom is 0.191 e. The Morgan fingerprint density at radius 2 is 2.00 bits per heavy atom. The Balaban J connectivity index is 1.39. The van der Waals surface area contributed by atoms with Gasteiger partial charge in [-0.05, 0) is 42.7 Å². The number of para-hydroxylation sites is 2. The van der Waals surface area contributed by atoms with E-state index in [4.69, 9.17) is 0 Å². The van der Waals surface area contributed by atoms with E-state index in [1.165, 1.54) is 6.07 Å². The summed E-state index contributed by atoms with van der Waals surface area (Å²) >= 11 is 0. The summed E-state index contributed by atoms with van der Waals surface area (Å²) in [6, 6.07) is 15.0. The van der Waals surface area contributed by atoms with Crippen LogP contribution in [0.4, 0.5) is 4.39 Å². The predicted molar refractivity (Wildman–Crippen MR) is 106 cm³/mol. The highest BCUT2D eigenvalue weighted by atomic mass is 19.1. The van der Waals surface area contributed by atoms with Crippen LogP contribution in [0, 0.1) is 5.82 Å². The second-order valence-electron chi connectivity index (χ2n) is 7.15. The van der Waals surface area contributed by atoms with Crippen LogP contribution in [0.5, 0.6) is 0 Å². The monoisotopic (exact) mass is 365 g/mol. The van der Waals surface area contributed by atoms with E-state index in [1.807, 2.05) is 31.3 Å². The number of fused-ring (bicyclic) bond motifs is 1. The molecule has 3 aromatic rings. The fraction of sp³-hybridized carbons (Fsp3) is 0.333. The SMILES string of the molecule is CN=C(NCc1nc2ccccc2n1C)NCC1(c2cccc(F)c2)CC1. The molecule has 1 aromatic heterocycles. The molecule has 27 heavy (non-hydrogen) atoms. The van der Waals surface area contributed by atoms with E-state index in [0.29, 0.717) is 6.54 Å². The summed E-state index contributed by atoms with van der Waals surface area (Å²) in [4.78, 5) is 8.99. The molecule has 0 radical (unpaired) electrons. The number of guanidine groups is 1. The van der Waals surface area contributed by atoms with Crippen molar-refractivity contribution in [1.82, 2.24) is 20.2 Å². The van der Waals surface area contributed by atoms with Crippen molar-refractivity contribution in [2.45, 2.75) is 24.8 Å². The Morgan fingerprint density at radius 1 is 1.19 bits per heavy atom. The molecule has 0 saturated heterocycles. The fourth-order valence-electron chi connectivity index (χ4n) is 3.53. The maximum atomic E-state index is 13.6. The molecule has 0 spiro atoms. The molecule has 0 unspecified atom stereocenters. The van der Waals surface area contributed by atoms with Crippen molar-refractivity contribution in [2.75, 3.05) is 13.6 Å². The molecule has 140 valence electrons. The van der Waals surface area contributed by atoms with E-state index in [9.17, 15) is 4.39 Å². The number of aliphatic imine (C=N–C) groups is 1. The van der Waals surface area contributed by atoms with Gasteiger partial charge in [0.1, 0.15) is 11.6 Å². The zero-order valence-corrected chi connectivity index (χ0v) is 15.7. The zero-order chi connectivity index (χ0) is 18.9. The number of aryl methyl sites for hydroxylation is 1. The largest absolute Gasteiger partial charge is 0.356 e. The average molecular weight is 365 g/mol. The minimum absolute atomic E-state index is 0.0115. The highest BCUT2D eigenvalue weighted by Crippen LogP contribution is 2.47. The van der Waals surface area contributed by atoms with Crippen molar-refractivity contribution >= 4 is 17.0 Å². The summed E-state index contributed by atoms with van der Waals surface area (Å²) < 4.78 is 15.6. The van der Waals surface area contributed by atoms with Crippen molar-refractivity contribution in [3.05, 3.63) is 65.7 Å². The predicted octanol–water partition coefficient (Wildman–Crippen LogP) is 3.11. The number of nitrogens with zero attached hydrogens (tertiary/aromatic N) is 3. The van der Waals surface area contributed by atoms with Crippen molar-refractivity contribution in [2.24, 2.45) is 12.0 Å². The lowest BCUT2D eigenvalue weighted by Crippen LogP contribution is -2.41. The van der Waals surface area contributed by atoms with Gasteiger partial charge in [0, 0.05) is 26.1 Å². The molecule has 1 heterocycles. The van der Waals surface area contributed by atoms with Gasteiger partial charge in [-0.15, -0.1) is 0 Å². The van der Waals surface area contributed by atoms with E-state index in [-0.39, 0.29) is 11.2 Å². The summed E-state index contributed by atoms with van der Waals surface area (Å²) in [7, 11) is 3.78.